The first kappa shape index (κ1) is 20.0. The fraction of sp³-hybridized carbons (Fsp3) is 0.333. The molecule has 30 heavy (non-hydrogen) atoms. The van der Waals surface area contributed by atoms with Crippen LogP contribution in [0.3, 0.4) is 0 Å². The maximum absolute atomic E-state index is 13.6. The Hall–Kier alpha value is -3.33. The molecule has 1 amide bonds. The van der Waals surface area contributed by atoms with Crippen molar-refractivity contribution in [3.8, 4) is 17.1 Å². The molecule has 0 bridgehead atoms. The van der Waals surface area contributed by atoms with Crippen LogP contribution < -0.4 is 4.74 Å². The van der Waals surface area contributed by atoms with E-state index in [1.54, 1.807) is 18.1 Å². The molecule has 1 saturated heterocycles. The number of amides is 1. The highest BCUT2D eigenvalue weighted by molar-refractivity contribution is 5.76. The van der Waals surface area contributed by atoms with Gasteiger partial charge in [-0.1, -0.05) is 30.3 Å². The third-order valence-corrected chi connectivity index (χ3v) is 5.12. The SMILES string of the molecule is COc1ccc(F)cc1CN1CCN(C(=O)Cn2nnc(-c3ccccc3)n2)CC1. The molecule has 0 radical (unpaired) electrons. The maximum atomic E-state index is 13.6. The number of nitrogens with zero attached hydrogens (tertiary/aromatic N) is 6. The molecule has 0 unspecified atom stereocenters. The number of aromatic nitrogens is 4. The Morgan fingerprint density at radius 3 is 2.60 bits per heavy atom. The summed E-state index contributed by atoms with van der Waals surface area (Å²) in [5, 5.41) is 12.3. The van der Waals surface area contributed by atoms with Gasteiger partial charge in [0.2, 0.25) is 11.7 Å². The summed E-state index contributed by atoms with van der Waals surface area (Å²) in [6.07, 6.45) is 0. The van der Waals surface area contributed by atoms with Gasteiger partial charge in [0.15, 0.2) is 0 Å². The zero-order valence-corrected chi connectivity index (χ0v) is 16.7. The number of methoxy groups -OCH3 is 1. The van der Waals surface area contributed by atoms with Crippen molar-refractivity contribution in [2.24, 2.45) is 0 Å². The maximum Gasteiger partial charge on any atom is 0.246 e. The summed E-state index contributed by atoms with van der Waals surface area (Å²) >= 11 is 0. The van der Waals surface area contributed by atoms with Gasteiger partial charge in [0.25, 0.3) is 0 Å². The summed E-state index contributed by atoms with van der Waals surface area (Å²) in [5.74, 6) is 0.837. The predicted molar refractivity (Wildman–Crippen MR) is 108 cm³/mol. The van der Waals surface area contributed by atoms with E-state index in [-0.39, 0.29) is 18.3 Å². The fourth-order valence-corrected chi connectivity index (χ4v) is 3.50. The second kappa shape index (κ2) is 9.00. The van der Waals surface area contributed by atoms with Gasteiger partial charge in [0, 0.05) is 43.9 Å². The van der Waals surface area contributed by atoms with Crippen LogP contribution in [-0.4, -0.2) is 69.2 Å². The summed E-state index contributed by atoms with van der Waals surface area (Å²) in [6, 6.07) is 14.0. The quantitative estimate of drug-likeness (QED) is 0.617. The number of hydrogen-bond acceptors (Lipinski definition) is 6. The molecule has 1 aliphatic rings. The van der Waals surface area contributed by atoms with E-state index >= 15 is 0 Å². The minimum atomic E-state index is -0.283. The average molecular weight is 410 g/mol. The molecule has 8 nitrogen and oxygen atoms in total. The molecular weight excluding hydrogens is 387 g/mol. The standard InChI is InChI=1S/C21H23FN6O2/c1-30-19-8-7-18(22)13-17(19)14-26-9-11-27(12-10-26)20(29)15-28-24-21(23-25-28)16-5-3-2-4-6-16/h2-8,13H,9-12,14-15H2,1H3. The lowest BCUT2D eigenvalue weighted by Crippen LogP contribution is -2.49. The Labute approximate surface area is 173 Å². The van der Waals surface area contributed by atoms with Crippen LogP contribution >= 0.6 is 0 Å². The molecule has 0 saturated carbocycles. The number of tetrazole rings is 1. The van der Waals surface area contributed by atoms with Gasteiger partial charge in [0.05, 0.1) is 7.11 Å². The second-order valence-electron chi connectivity index (χ2n) is 7.12. The lowest BCUT2D eigenvalue weighted by atomic mass is 10.1. The molecule has 2 heterocycles. The Morgan fingerprint density at radius 2 is 1.87 bits per heavy atom. The molecule has 0 N–H and O–H groups in total. The van der Waals surface area contributed by atoms with E-state index in [9.17, 15) is 9.18 Å². The van der Waals surface area contributed by atoms with E-state index in [2.05, 4.69) is 20.3 Å². The van der Waals surface area contributed by atoms with Crippen LogP contribution in [0.1, 0.15) is 5.56 Å². The third kappa shape index (κ3) is 4.62. The number of benzene rings is 2. The number of rotatable bonds is 6. The van der Waals surface area contributed by atoms with Gasteiger partial charge >= 0.3 is 0 Å². The van der Waals surface area contributed by atoms with Crippen LogP contribution in [0, 0.1) is 5.82 Å². The molecule has 156 valence electrons. The molecule has 1 aromatic heterocycles. The van der Waals surface area contributed by atoms with E-state index in [1.807, 2.05) is 30.3 Å². The Morgan fingerprint density at radius 1 is 1.10 bits per heavy atom. The third-order valence-electron chi connectivity index (χ3n) is 5.12. The van der Waals surface area contributed by atoms with Gasteiger partial charge in [-0.15, -0.1) is 10.2 Å². The summed E-state index contributed by atoms with van der Waals surface area (Å²) in [7, 11) is 1.58. The molecule has 9 heteroatoms. The topological polar surface area (TPSA) is 76.4 Å². The van der Waals surface area contributed by atoms with Gasteiger partial charge in [0.1, 0.15) is 18.1 Å². The van der Waals surface area contributed by atoms with Crippen molar-refractivity contribution in [3.63, 3.8) is 0 Å². The van der Waals surface area contributed by atoms with E-state index in [0.29, 0.717) is 44.3 Å². The Balaban J connectivity index is 1.31. The minimum absolute atomic E-state index is 0.0463. The van der Waals surface area contributed by atoms with Crippen molar-refractivity contribution in [3.05, 3.63) is 59.9 Å². The van der Waals surface area contributed by atoms with Gasteiger partial charge in [-0.3, -0.25) is 9.69 Å². The first-order valence-electron chi connectivity index (χ1n) is 9.78. The van der Waals surface area contributed by atoms with Gasteiger partial charge < -0.3 is 9.64 Å². The normalized spacial score (nSPS) is 14.7. The first-order valence-corrected chi connectivity index (χ1v) is 9.78. The van der Waals surface area contributed by atoms with Crippen LogP contribution in [-0.2, 0) is 17.9 Å². The highest BCUT2D eigenvalue weighted by Crippen LogP contribution is 2.21. The number of hydrogen-bond donors (Lipinski definition) is 0. The zero-order valence-electron chi connectivity index (χ0n) is 16.7. The Kier molecular flexibility index (Phi) is 5.99. The number of carbonyl (C=O) groups is 1. The molecule has 3 aromatic rings. The van der Waals surface area contributed by atoms with Gasteiger partial charge in [-0.2, -0.15) is 4.80 Å². The fourth-order valence-electron chi connectivity index (χ4n) is 3.50. The van der Waals surface area contributed by atoms with Crippen molar-refractivity contribution in [2.45, 2.75) is 13.1 Å². The van der Waals surface area contributed by atoms with E-state index in [4.69, 9.17) is 4.74 Å². The smallest absolute Gasteiger partial charge is 0.246 e. The lowest BCUT2D eigenvalue weighted by molar-refractivity contribution is -0.134. The van der Waals surface area contributed by atoms with Crippen LogP contribution in [0.15, 0.2) is 48.5 Å². The summed E-state index contributed by atoms with van der Waals surface area (Å²) in [4.78, 5) is 17.9. The van der Waals surface area contributed by atoms with E-state index < -0.39 is 0 Å². The largest absolute Gasteiger partial charge is 0.496 e. The minimum Gasteiger partial charge on any atom is -0.496 e. The van der Waals surface area contributed by atoms with E-state index in [0.717, 1.165) is 11.1 Å². The molecule has 0 spiro atoms. The monoisotopic (exact) mass is 410 g/mol. The van der Waals surface area contributed by atoms with Crippen LogP contribution in [0.2, 0.25) is 0 Å². The summed E-state index contributed by atoms with van der Waals surface area (Å²) in [6.45, 7) is 3.22. The lowest BCUT2D eigenvalue weighted by Gasteiger charge is -2.34. The van der Waals surface area contributed by atoms with Crippen molar-refractivity contribution >= 4 is 5.91 Å². The Bertz CT molecular complexity index is 1000. The van der Waals surface area contributed by atoms with Crippen LogP contribution in [0.4, 0.5) is 4.39 Å². The van der Waals surface area contributed by atoms with Crippen LogP contribution in [0.5, 0.6) is 5.75 Å². The van der Waals surface area contributed by atoms with Gasteiger partial charge in [-0.25, -0.2) is 4.39 Å². The van der Waals surface area contributed by atoms with E-state index in [1.165, 1.54) is 16.9 Å². The summed E-state index contributed by atoms with van der Waals surface area (Å²) < 4.78 is 18.9. The molecule has 2 aromatic carbocycles. The van der Waals surface area contributed by atoms with Crippen molar-refractivity contribution in [1.82, 2.24) is 30.0 Å². The number of ether oxygens (including phenoxy) is 1. The molecular formula is C21H23FN6O2. The molecule has 1 aliphatic heterocycles. The zero-order chi connectivity index (χ0) is 20.9. The van der Waals surface area contributed by atoms with Crippen molar-refractivity contribution in [2.75, 3.05) is 33.3 Å². The van der Waals surface area contributed by atoms with Crippen LogP contribution in [0.25, 0.3) is 11.4 Å². The summed E-state index contributed by atoms with van der Waals surface area (Å²) in [5.41, 5.74) is 1.66. The van der Waals surface area contributed by atoms with Gasteiger partial charge in [-0.05, 0) is 23.4 Å². The highest BCUT2D eigenvalue weighted by Gasteiger charge is 2.23. The number of piperazine rings is 1. The second-order valence-corrected chi connectivity index (χ2v) is 7.12. The molecule has 4 rings (SSSR count). The average Bonchev–Trinajstić information content (AvgIpc) is 3.23. The highest BCUT2D eigenvalue weighted by atomic mass is 19.1. The van der Waals surface area contributed by atoms with Crippen molar-refractivity contribution < 1.29 is 13.9 Å². The number of carbonyl (C=O) groups excluding carboxylic acids is 1. The van der Waals surface area contributed by atoms with Crippen molar-refractivity contribution in [1.29, 1.82) is 0 Å². The first-order chi connectivity index (χ1) is 14.6. The molecule has 0 aliphatic carbocycles. The predicted octanol–water partition coefficient (Wildman–Crippen LogP) is 1.83. The molecule has 1 fully saturated rings. The number of halogens is 1. The molecule has 0 atom stereocenters.